The Morgan fingerprint density at radius 3 is 2.59 bits per heavy atom. The number of phenols is 1. The van der Waals surface area contributed by atoms with Crippen LogP contribution >= 0.6 is 0 Å². The Balaban J connectivity index is 1.97. The van der Waals surface area contributed by atoms with Crippen molar-refractivity contribution >= 4 is 0 Å². The molecule has 0 atom stereocenters. The first kappa shape index (κ1) is 12.4. The van der Waals surface area contributed by atoms with Crippen LogP contribution in [0.2, 0.25) is 0 Å². The lowest BCUT2D eigenvalue weighted by molar-refractivity contribution is 0.229. The molecule has 17 heavy (non-hydrogen) atoms. The van der Waals surface area contributed by atoms with Crippen LogP contribution in [0, 0.1) is 0 Å². The van der Waals surface area contributed by atoms with Gasteiger partial charge in [-0.1, -0.05) is 18.6 Å². The molecule has 0 amide bonds. The largest absolute Gasteiger partial charge is 0.508 e. The number of rotatable bonds is 4. The summed E-state index contributed by atoms with van der Waals surface area (Å²) in [6.45, 7) is 3.32. The van der Waals surface area contributed by atoms with Crippen LogP contribution < -0.4 is 0 Å². The molecule has 0 bridgehead atoms. The summed E-state index contributed by atoms with van der Waals surface area (Å²) in [6, 6.07) is 5.36. The zero-order valence-corrected chi connectivity index (χ0v) is 10.2. The van der Waals surface area contributed by atoms with Crippen molar-refractivity contribution in [1.29, 1.82) is 0 Å². The summed E-state index contributed by atoms with van der Waals surface area (Å²) in [4.78, 5) is 2.44. The molecule has 3 nitrogen and oxygen atoms in total. The van der Waals surface area contributed by atoms with Gasteiger partial charge in [0.05, 0.1) is 6.61 Å². The van der Waals surface area contributed by atoms with Crippen LogP contribution in [0.5, 0.6) is 5.75 Å². The van der Waals surface area contributed by atoms with E-state index in [4.69, 9.17) is 0 Å². The van der Waals surface area contributed by atoms with Gasteiger partial charge in [0.1, 0.15) is 5.75 Å². The monoisotopic (exact) mass is 235 g/mol. The fraction of sp³-hybridized carbons (Fsp3) is 0.571. The molecule has 3 heteroatoms. The molecule has 1 fully saturated rings. The Labute approximate surface area is 103 Å². The molecule has 1 aromatic carbocycles. The lowest BCUT2D eigenvalue weighted by atomic mass is 10.0. The first-order chi connectivity index (χ1) is 8.31. The van der Waals surface area contributed by atoms with Gasteiger partial charge in [-0.2, -0.15) is 0 Å². The number of phenolic OH excluding ortho intramolecular Hbond substituents is 1. The number of aliphatic hydroxyl groups is 1. The van der Waals surface area contributed by atoms with Crippen molar-refractivity contribution in [1.82, 2.24) is 4.90 Å². The van der Waals surface area contributed by atoms with Crippen LogP contribution in [0.1, 0.15) is 30.4 Å². The van der Waals surface area contributed by atoms with E-state index in [2.05, 4.69) is 4.90 Å². The predicted molar refractivity (Wildman–Crippen MR) is 68.0 cm³/mol. The molecule has 0 aromatic heterocycles. The standard InChI is InChI=1S/C14H21NO2/c16-11-12-5-4-6-14(17)13(12)7-10-15-8-2-1-3-9-15/h4-6,16-17H,1-3,7-11H2. The summed E-state index contributed by atoms with van der Waals surface area (Å²) in [7, 11) is 0. The molecule has 1 aliphatic rings. The van der Waals surface area contributed by atoms with Crippen molar-refractivity contribution in [3.05, 3.63) is 29.3 Å². The number of aliphatic hydroxyl groups excluding tert-OH is 1. The van der Waals surface area contributed by atoms with Gasteiger partial charge in [0, 0.05) is 12.1 Å². The Morgan fingerprint density at radius 2 is 1.88 bits per heavy atom. The lowest BCUT2D eigenvalue weighted by Crippen LogP contribution is -2.31. The molecule has 1 saturated heterocycles. The third-order valence-corrected chi connectivity index (χ3v) is 3.55. The fourth-order valence-electron chi connectivity index (χ4n) is 2.51. The number of hydrogen-bond acceptors (Lipinski definition) is 3. The summed E-state index contributed by atoms with van der Waals surface area (Å²) in [5.74, 6) is 0.313. The molecule has 2 N–H and O–H groups in total. The van der Waals surface area contributed by atoms with Crippen LogP contribution in [-0.4, -0.2) is 34.7 Å². The molecule has 1 aromatic rings. The maximum Gasteiger partial charge on any atom is 0.119 e. The molecular formula is C14H21NO2. The zero-order valence-electron chi connectivity index (χ0n) is 10.2. The third kappa shape index (κ3) is 3.20. The minimum absolute atomic E-state index is 0.00370. The van der Waals surface area contributed by atoms with E-state index in [0.29, 0.717) is 5.75 Å². The highest BCUT2D eigenvalue weighted by Crippen LogP contribution is 2.22. The highest BCUT2D eigenvalue weighted by Gasteiger charge is 2.12. The summed E-state index contributed by atoms with van der Waals surface area (Å²) < 4.78 is 0. The Kier molecular flexibility index (Phi) is 4.40. The van der Waals surface area contributed by atoms with Crippen molar-refractivity contribution in [2.24, 2.45) is 0 Å². The maximum atomic E-state index is 9.82. The van der Waals surface area contributed by atoms with E-state index in [9.17, 15) is 10.2 Å². The maximum absolute atomic E-state index is 9.82. The van der Waals surface area contributed by atoms with Gasteiger partial charge >= 0.3 is 0 Å². The Morgan fingerprint density at radius 1 is 1.12 bits per heavy atom. The summed E-state index contributed by atoms with van der Waals surface area (Å²) in [5.41, 5.74) is 1.75. The Bertz CT molecular complexity index is 359. The van der Waals surface area contributed by atoms with E-state index in [1.165, 1.54) is 32.4 Å². The fourth-order valence-corrected chi connectivity index (χ4v) is 2.51. The van der Waals surface area contributed by atoms with E-state index in [-0.39, 0.29) is 6.61 Å². The summed E-state index contributed by atoms with van der Waals surface area (Å²) in [6.07, 6.45) is 4.73. The van der Waals surface area contributed by atoms with Crippen LogP contribution in [-0.2, 0) is 13.0 Å². The number of hydrogen-bond donors (Lipinski definition) is 2. The van der Waals surface area contributed by atoms with Crippen molar-refractivity contribution < 1.29 is 10.2 Å². The van der Waals surface area contributed by atoms with Gasteiger partial charge in [-0.3, -0.25) is 0 Å². The second-order valence-electron chi connectivity index (χ2n) is 4.73. The van der Waals surface area contributed by atoms with Crippen LogP contribution in [0.15, 0.2) is 18.2 Å². The van der Waals surface area contributed by atoms with Gasteiger partial charge in [-0.05, 0) is 44.0 Å². The van der Waals surface area contributed by atoms with E-state index in [0.717, 1.165) is 24.1 Å². The molecule has 0 radical (unpaired) electrons. The summed E-state index contributed by atoms with van der Waals surface area (Å²) in [5, 5.41) is 19.1. The van der Waals surface area contributed by atoms with Crippen molar-refractivity contribution in [2.75, 3.05) is 19.6 Å². The number of nitrogens with zero attached hydrogens (tertiary/aromatic N) is 1. The molecule has 0 saturated carbocycles. The molecule has 0 aliphatic carbocycles. The minimum Gasteiger partial charge on any atom is -0.508 e. The molecule has 0 spiro atoms. The molecule has 1 aliphatic heterocycles. The quantitative estimate of drug-likeness (QED) is 0.838. The average molecular weight is 235 g/mol. The third-order valence-electron chi connectivity index (χ3n) is 3.55. The second kappa shape index (κ2) is 6.03. The van der Waals surface area contributed by atoms with Crippen molar-refractivity contribution in [3.63, 3.8) is 0 Å². The Hall–Kier alpha value is -1.06. The van der Waals surface area contributed by atoms with Crippen LogP contribution in [0.25, 0.3) is 0 Å². The lowest BCUT2D eigenvalue weighted by Gasteiger charge is -2.26. The number of aromatic hydroxyl groups is 1. The molecule has 1 heterocycles. The van der Waals surface area contributed by atoms with E-state index >= 15 is 0 Å². The zero-order chi connectivity index (χ0) is 12.1. The van der Waals surface area contributed by atoms with Gasteiger partial charge in [-0.15, -0.1) is 0 Å². The SMILES string of the molecule is OCc1cccc(O)c1CCN1CCCCC1. The van der Waals surface area contributed by atoms with Crippen molar-refractivity contribution in [2.45, 2.75) is 32.3 Å². The van der Waals surface area contributed by atoms with Gasteiger partial charge in [0.15, 0.2) is 0 Å². The van der Waals surface area contributed by atoms with Gasteiger partial charge in [-0.25, -0.2) is 0 Å². The predicted octanol–water partition coefficient (Wildman–Crippen LogP) is 1.91. The van der Waals surface area contributed by atoms with Gasteiger partial charge in [0.2, 0.25) is 0 Å². The van der Waals surface area contributed by atoms with Crippen LogP contribution in [0.4, 0.5) is 0 Å². The molecule has 0 unspecified atom stereocenters. The highest BCUT2D eigenvalue weighted by molar-refractivity contribution is 5.39. The minimum atomic E-state index is 0.00370. The number of benzene rings is 1. The second-order valence-corrected chi connectivity index (χ2v) is 4.73. The summed E-state index contributed by atoms with van der Waals surface area (Å²) >= 11 is 0. The first-order valence-electron chi connectivity index (χ1n) is 6.44. The number of likely N-dealkylation sites (tertiary alicyclic amines) is 1. The van der Waals surface area contributed by atoms with Gasteiger partial charge in [0.25, 0.3) is 0 Å². The number of piperidine rings is 1. The normalized spacial score (nSPS) is 17.2. The topological polar surface area (TPSA) is 43.7 Å². The highest BCUT2D eigenvalue weighted by atomic mass is 16.3. The van der Waals surface area contributed by atoms with E-state index in [1.54, 1.807) is 12.1 Å². The van der Waals surface area contributed by atoms with E-state index < -0.39 is 0 Å². The van der Waals surface area contributed by atoms with Gasteiger partial charge < -0.3 is 15.1 Å². The van der Waals surface area contributed by atoms with E-state index in [1.807, 2.05) is 6.07 Å². The first-order valence-corrected chi connectivity index (χ1v) is 6.44. The van der Waals surface area contributed by atoms with Crippen LogP contribution in [0.3, 0.4) is 0 Å². The molecule has 2 rings (SSSR count). The molecular weight excluding hydrogens is 214 g/mol. The average Bonchev–Trinajstić information content (AvgIpc) is 2.38. The molecule has 94 valence electrons. The smallest absolute Gasteiger partial charge is 0.119 e. The van der Waals surface area contributed by atoms with Crippen molar-refractivity contribution in [3.8, 4) is 5.75 Å².